The molecule has 1 N–H and O–H groups in total. The summed E-state index contributed by atoms with van der Waals surface area (Å²) in [5.41, 5.74) is 1.32. The van der Waals surface area contributed by atoms with Crippen LogP contribution in [-0.4, -0.2) is 11.2 Å². The molecule has 0 saturated heterocycles. The van der Waals surface area contributed by atoms with Gasteiger partial charge in [-0.05, 0) is 43.1 Å². The van der Waals surface area contributed by atoms with Crippen LogP contribution in [0.3, 0.4) is 0 Å². The predicted molar refractivity (Wildman–Crippen MR) is 61.2 cm³/mol. The Morgan fingerprint density at radius 2 is 2.07 bits per heavy atom. The molecule has 0 spiro atoms. The highest BCUT2D eigenvalue weighted by atomic mass is 16.3. The molecular formula is C13H24O. The van der Waals surface area contributed by atoms with Crippen LogP contribution in [0.1, 0.15) is 59.3 Å². The molecule has 1 heteroatoms. The number of rotatable bonds is 3. The minimum Gasteiger partial charge on any atom is -0.388 e. The van der Waals surface area contributed by atoms with Crippen molar-refractivity contribution < 1.29 is 5.11 Å². The summed E-state index contributed by atoms with van der Waals surface area (Å²) in [4.78, 5) is 0. The largest absolute Gasteiger partial charge is 0.388 e. The van der Waals surface area contributed by atoms with Crippen molar-refractivity contribution in [3.63, 3.8) is 0 Å². The topological polar surface area (TPSA) is 20.2 Å². The van der Waals surface area contributed by atoms with Crippen LogP contribution in [0.4, 0.5) is 0 Å². The van der Waals surface area contributed by atoms with Crippen molar-refractivity contribution in [3.05, 3.63) is 11.6 Å². The number of aliphatic hydroxyl groups excluding tert-OH is 1. The molecule has 14 heavy (non-hydrogen) atoms. The van der Waals surface area contributed by atoms with E-state index in [0.717, 1.165) is 19.3 Å². The summed E-state index contributed by atoms with van der Waals surface area (Å²) >= 11 is 0. The molecule has 0 heterocycles. The van der Waals surface area contributed by atoms with Gasteiger partial charge in [0, 0.05) is 0 Å². The van der Waals surface area contributed by atoms with E-state index in [1.165, 1.54) is 24.8 Å². The summed E-state index contributed by atoms with van der Waals surface area (Å²) in [6, 6.07) is 0. The lowest BCUT2D eigenvalue weighted by Gasteiger charge is -2.31. The summed E-state index contributed by atoms with van der Waals surface area (Å²) < 4.78 is 0. The molecule has 0 saturated carbocycles. The van der Waals surface area contributed by atoms with Crippen LogP contribution < -0.4 is 0 Å². The van der Waals surface area contributed by atoms with E-state index in [2.05, 4.69) is 26.8 Å². The molecule has 0 bridgehead atoms. The fraction of sp³-hybridized carbons (Fsp3) is 0.846. The first-order chi connectivity index (χ1) is 6.58. The first-order valence-corrected chi connectivity index (χ1v) is 5.95. The van der Waals surface area contributed by atoms with Gasteiger partial charge in [0.25, 0.3) is 0 Å². The minimum absolute atomic E-state index is 0.0379. The predicted octanol–water partition coefficient (Wildman–Crippen LogP) is 3.67. The van der Waals surface area contributed by atoms with Crippen LogP contribution in [0.25, 0.3) is 0 Å². The first kappa shape index (κ1) is 11.8. The average Bonchev–Trinajstić information content (AvgIpc) is 2.44. The van der Waals surface area contributed by atoms with Gasteiger partial charge >= 0.3 is 0 Å². The van der Waals surface area contributed by atoms with Gasteiger partial charge in [-0.15, -0.1) is 0 Å². The van der Waals surface area contributed by atoms with Gasteiger partial charge in [-0.1, -0.05) is 33.3 Å². The van der Waals surface area contributed by atoms with Gasteiger partial charge in [-0.2, -0.15) is 0 Å². The standard InChI is InChI=1S/C13H24O/c1-4-13(2,3)12(14)11-9-7-5-6-8-10-11/h9,12,14H,4-8,10H2,1-3H3. The lowest BCUT2D eigenvalue weighted by Crippen LogP contribution is -2.30. The zero-order valence-corrected chi connectivity index (χ0v) is 9.84. The molecule has 0 aliphatic heterocycles. The number of aliphatic hydroxyl groups is 1. The van der Waals surface area contributed by atoms with Crippen molar-refractivity contribution in [1.29, 1.82) is 0 Å². The van der Waals surface area contributed by atoms with Gasteiger partial charge in [0.05, 0.1) is 6.10 Å². The van der Waals surface area contributed by atoms with Crippen molar-refractivity contribution in [1.82, 2.24) is 0 Å². The van der Waals surface area contributed by atoms with E-state index in [-0.39, 0.29) is 11.5 Å². The highest BCUT2D eigenvalue weighted by Gasteiger charge is 2.28. The third kappa shape index (κ3) is 2.84. The smallest absolute Gasteiger partial charge is 0.0800 e. The van der Waals surface area contributed by atoms with E-state index in [9.17, 15) is 5.11 Å². The van der Waals surface area contributed by atoms with Gasteiger partial charge in [0.15, 0.2) is 0 Å². The summed E-state index contributed by atoms with van der Waals surface area (Å²) in [6.45, 7) is 6.47. The molecule has 0 aromatic carbocycles. The fourth-order valence-electron chi connectivity index (χ4n) is 1.98. The van der Waals surface area contributed by atoms with Gasteiger partial charge in [-0.3, -0.25) is 0 Å². The Hall–Kier alpha value is -0.300. The number of hydrogen-bond donors (Lipinski definition) is 1. The molecule has 0 amide bonds. The first-order valence-electron chi connectivity index (χ1n) is 5.95. The zero-order chi connectivity index (χ0) is 10.6. The normalized spacial score (nSPS) is 21.3. The van der Waals surface area contributed by atoms with Gasteiger partial charge in [0.1, 0.15) is 0 Å². The molecule has 0 radical (unpaired) electrons. The Kier molecular flexibility index (Phi) is 4.18. The monoisotopic (exact) mass is 196 g/mol. The highest BCUT2D eigenvalue weighted by molar-refractivity contribution is 5.12. The molecule has 0 fully saturated rings. The third-order valence-electron chi connectivity index (χ3n) is 3.58. The Morgan fingerprint density at radius 3 is 2.71 bits per heavy atom. The zero-order valence-electron chi connectivity index (χ0n) is 9.84. The van der Waals surface area contributed by atoms with Gasteiger partial charge in [-0.25, -0.2) is 0 Å². The quantitative estimate of drug-likeness (QED) is 0.683. The van der Waals surface area contributed by atoms with Crippen molar-refractivity contribution >= 4 is 0 Å². The Labute approximate surface area is 88.2 Å². The van der Waals surface area contributed by atoms with Gasteiger partial charge < -0.3 is 5.11 Å². The lowest BCUT2D eigenvalue weighted by atomic mass is 9.79. The van der Waals surface area contributed by atoms with E-state index < -0.39 is 0 Å². The second-order valence-electron chi connectivity index (χ2n) is 5.12. The van der Waals surface area contributed by atoms with Gasteiger partial charge in [0.2, 0.25) is 0 Å². The summed E-state index contributed by atoms with van der Waals surface area (Å²) in [5, 5.41) is 10.3. The Morgan fingerprint density at radius 1 is 1.36 bits per heavy atom. The molecule has 1 unspecified atom stereocenters. The van der Waals surface area contributed by atoms with E-state index >= 15 is 0 Å². The van der Waals surface area contributed by atoms with E-state index in [4.69, 9.17) is 0 Å². The third-order valence-corrected chi connectivity index (χ3v) is 3.58. The summed E-state index contributed by atoms with van der Waals surface area (Å²) in [7, 11) is 0. The van der Waals surface area contributed by atoms with Crippen LogP contribution in [0.2, 0.25) is 0 Å². The van der Waals surface area contributed by atoms with Crippen molar-refractivity contribution in [2.24, 2.45) is 5.41 Å². The maximum Gasteiger partial charge on any atom is 0.0800 e. The minimum atomic E-state index is -0.231. The number of allylic oxidation sites excluding steroid dienone is 1. The van der Waals surface area contributed by atoms with Crippen molar-refractivity contribution in [3.8, 4) is 0 Å². The van der Waals surface area contributed by atoms with E-state index in [1.54, 1.807) is 0 Å². The molecule has 1 aliphatic rings. The Balaban J connectivity index is 2.66. The maximum atomic E-state index is 10.3. The van der Waals surface area contributed by atoms with Crippen molar-refractivity contribution in [2.75, 3.05) is 0 Å². The SMILES string of the molecule is CCC(C)(C)C(O)C1=CCCCCC1. The van der Waals surface area contributed by atoms with Crippen LogP contribution in [-0.2, 0) is 0 Å². The molecule has 1 rings (SSSR count). The maximum absolute atomic E-state index is 10.3. The molecule has 1 atom stereocenters. The molecule has 1 nitrogen and oxygen atoms in total. The summed E-state index contributed by atoms with van der Waals surface area (Å²) in [6.07, 6.45) is 9.20. The second-order valence-corrected chi connectivity index (χ2v) is 5.12. The van der Waals surface area contributed by atoms with E-state index in [1.807, 2.05) is 0 Å². The van der Waals surface area contributed by atoms with Crippen LogP contribution in [0.5, 0.6) is 0 Å². The van der Waals surface area contributed by atoms with Crippen LogP contribution in [0, 0.1) is 5.41 Å². The number of hydrogen-bond acceptors (Lipinski definition) is 1. The second kappa shape index (κ2) is 4.97. The molecule has 0 aromatic heterocycles. The molecule has 1 aliphatic carbocycles. The summed E-state index contributed by atoms with van der Waals surface area (Å²) in [5.74, 6) is 0. The average molecular weight is 196 g/mol. The molecular weight excluding hydrogens is 172 g/mol. The molecule has 82 valence electrons. The fourth-order valence-corrected chi connectivity index (χ4v) is 1.98. The Bertz CT molecular complexity index is 203. The van der Waals surface area contributed by atoms with Crippen molar-refractivity contribution in [2.45, 2.75) is 65.4 Å². The van der Waals surface area contributed by atoms with Crippen LogP contribution in [0.15, 0.2) is 11.6 Å². The lowest BCUT2D eigenvalue weighted by molar-refractivity contribution is 0.0746. The molecule has 0 aromatic rings. The van der Waals surface area contributed by atoms with Crippen LogP contribution >= 0.6 is 0 Å². The van der Waals surface area contributed by atoms with E-state index in [0.29, 0.717) is 0 Å². The highest BCUT2D eigenvalue weighted by Crippen LogP contribution is 2.33.